The summed E-state index contributed by atoms with van der Waals surface area (Å²) >= 11 is 0. The molecule has 3 atom stereocenters. The minimum absolute atomic E-state index is 0.0114. The van der Waals surface area contributed by atoms with Crippen LogP contribution in [0.3, 0.4) is 0 Å². The van der Waals surface area contributed by atoms with Gasteiger partial charge in [0.25, 0.3) is 0 Å². The van der Waals surface area contributed by atoms with E-state index in [-0.39, 0.29) is 6.10 Å². The van der Waals surface area contributed by atoms with Crippen molar-refractivity contribution in [2.75, 3.05) is 0 Å². The average molecular weight is 184 g/mol. The van der Waals surface area contributed by atoms with Crippen LogP contribution in [0.2, 0.25) is 0 Å². The molecule has 0 radical (unpaired) electrons. The van der Waals surface area contributed by atoms with E-state index in [1.807, 2.05) is 0 Å². The van der Waals surface area contributed by atoms with Crippen LogP contribution < -0.4 is 0 Å². The highest BCUT2D eigenvalue weighted by atomic mass is 16.3. The van der Waals surface area contributed by atoms with Gasteiger partial charge in [-0.15, -0.1) is 0 Å². The third kappa shape index (κ3) is 3.68. The predicted octanol–water partition coefficient (Wildman–Crippen LogP) is 3.36. The van der Waals surface area contributed by atoms with Gasteiger partial charge in [-0.1, -0.05) is 39.5 Å². The summed E-state index contributed by atoms with van der Waals surface area (Å²) in [7, 11) is 0. The lowest BCUT2D eigenvalue weighted by Gasteiger charge is -2.30. The van der Waals surface area contributed by atoms with Crippen LogP contribution in [-0.2, 0) is 0 Å². The summed E-state index contributed by atoms with van der Waals surface area (Å²) in [6.07, 6.45) is 8.62. The van der Waals surface area contributed by atoms with Crippen LogP contribution in [-0.4, -0.2) is 11.2 Å². The monoisotopic (exact) mass is 184 g/mol. The first-order valence-electron chi connectivity index (χ1n) is 5.92. The van der Waals surface area contributed by atoms with Crippen molar-refractivity contribution in [2.45, 2.75) is 64.9 Å². The molecule has 1 saturated carbocycles. The Labute approximate surface area is 82.5 Å². The quantitative estimate of drug-likeness (QED) is 0.710. The van der Waals surface area contributed by atoms with Gasteiger partial charge in [0.15, 0.2) is 0 Å². The zero-order valence-electron chi connectivity index (χ0n) is 9.13. The van der Waals surface area contributed by atoms with Gasteiger partial charge in [0.05, 0.1) is 6.10 Å². The maximum atomic E-state index is 9.92. The van der Waals surface area contributed by atoms with Crippen molar-refractivity contribution in [3.8, 4) is 0 Å². The second-order valence-electron chi connectivity index (χ2n) is 4.74. The second kappa shape index (κ2) is 5.64. The molecule has 3 unspecified atom stereocenters. The fourth-order valence-electron chi connectivity index (χ4n) is 2.48. The van der Waals surface area contributed by atoms with Gasteiger partial charge in [0, 0.05) is 0 Å². The van der Waals surface area contributed by atoms with E-state index in [1.165, 1.54) is 38.5 Å². The highest BCUT2D eigenvalue weighted by molar-refractivity contribution is 4.76. The number of hydrogen-bond acceptors (Lipinski definition) is 1. The molecule has 1 rings (SSSR count). The summed E-state index contributed by atoms with van der Waals surface area (Å²) in [5.74, 6) is 1.45. The fourth-order valence-corrected chi connectivity index (χ4v) is 2.48. The Morgan fingerprint density at radius 3 is 2.77 bits per heavy atom. The van der Waals surface area contributed by atoms with Gasteiger partial charge in [-0.3, -0.25) is 0 Å². The van der Waals surface area contributed by atoms with E-state index in [1.54, 1.807) is 0 Å². The van der Waals surface area contributed by atoms with Crippen molar-refractivity contribution in [1.29, 1.82) is 0 Å². The Balaban J connectivity index is 2.24. The maximum absolute atomic E-state index is 9.92. The maximum Gasteiger partial charge on any atom is 0.0568 e. The topological polar surface area (TPSA) is 20.2 Å². The van der Waals surface area contributed by atoms with Crippen molar-refractivity contribution in [3.63, 3.8) is 0 Å². The molecule has 0 amide bonds. The fraction of sp³-hybridized carbons (Fsp3) is 1.00. The SMILES string of the molecule is CCCCC(O)C1CCCC(C)C1. The second-order valence-corrected chi connectivity index (χ2v) is 4.74. The Hall–Kier alpha value is -0.0400. The average Bonchev–Trinajstić information content (AvgIpc) is 2.14. The summed E-state index contributed by atoms with van der Waals surface area (Å²) in [5, 5.41) is 9.92. The number of rotatable bonds is 4. The minimum atomic E-state index is -0.0114. The van der Waals surface area contributed by atoms with Crippen LogP contribution in [0.4, 0.5) is 0 Å². The molecule has 0 aliphatic heterocycles. The molecule has 1 heteroatoms. The van der Waals surface area contributed by atoms with E-state index in [4.69, 9.17) is 0 Å². The molecule has 0 bridgehead atoms. The molecule has 1 nitrogen and oxygen atoms in total. The van der Waals surface area contributed by atoms with Crippen molar-refractivity contribution >= 4 is 0 Å². The van der Waals surface area contributed by atoms with Crippen molar-refractivity contribution < 1.29 is 5.11 Å². The standard InChI is InChI=1S/C12H24O/c1-3-4-8-12(13)11-7-5-6-10(2)9-11/h10-13H,3-9H2,1-2H3. The first-order valence-corrected chi connectivity index (χ1v) is 5.92. The Kier molecular flexibility index (Phi) is 4.79. The molecule has 0 aromatic rings. The molecule has 0 saturated heterocycles. The first-order chi connectivity index (χ1) is 6.24. The summed E-state index contributed by atoms with van der Waals surface area (Å²) in [4.78, 5) is 0. The van der Waals surface area contributed by atoms with Crippen molar-refractivity contribution in [2.24, 2.45) is 11.8 Å². The predicted molar refractivity (Wildman–Crippen MR) is 56.7 cm³/mol. The molecular weight excluding hydrogens is 160 g/mol. The summed E-state index contributed by atoms with van der Waals surface area (Å²) in [6, 6.07) is 0. The Bertz CT molecular complexity index is 133. The van der Waals surface area contributed by atoms with Gasteiger partial charge in [-0.2, -0.15) is 0 Å². The number of aliphatic hydroxyl groups is 1. The van der Waals surface area contributed by atoms with E-state index in [9.17, 15) is 5.11 Å². The first kappa shape index (κ1) is 11.0. The van der Waals surface area contributed by atoms with Gasteiger partial charge >= 0.3 is 0 Å². The van der Waals surface area contributed by atoms with Crippen molar-refractivity contribution in [3.05, 3.63) is 0 Å². The molecule has 1 aliphatic carbocycles. The van der Waals surface area contributed by atoms with Crippen molar-refractivity contribution in [1.82, 2.24) is 0 Å². The largest absolute Gasteiger partial charge is 0.393 e. The van der Waals surface area contributed by atoms with E-state index < -0.39 is 0 Å². The van der Waals surface area contributed by atoms with E-state index in [0.29, 0.717) is 5.92 Å². The van der Waals surface area contributed by atoms with Gasteiger partial charge in [-0.05, 0) is 31.1 Å². The molecular formula is C12H24O. The van der Waals surface area contributed by atoms with Crippen LogP contribution in [0.25, 0.3) is 0 Å². The highest BCUT2D eigenvalue weighted by Gasteiger charge is 2.24. The van der Waals surface area contributed by atoms with Crippen LogP contribution in [0.15, 0.2) is 0 Å². The van der Waals surface area contributed by atoms with Gasteiger partial charge in [0.2, 0.25) is 0 Å². The Morgan fingerprint density at radius 2 is 2.15 bits per heavy atom. The highest BCUT2D eigenvalue weighted by Crippen LogP contribution is 2.32. The van der Waals surface area contributed by atoms with Gasteiger partial charge < -0.3 is 5.11 Å². The number of aliphatic hydroxyl groups excluding tert-OH is 1. The molecule has 1 aliphatic rings. The molecule has 0 aromatic heterocycles. The smallest absolute Gasteiger partial charge is 0.0568 e. The van der Waals surface area contributed by atoms with E-state index in [0.717, 1.165) is 12.3 Å². The van der Waals surface area contributed by atoms with E-state index in [2.05, 4.69) is 13.8 Å². The molecule has 0 aromatic carbocycles. The lowest BCUT2D eigenvalue weighted by Crippen LogP contribution is -2.25. The van der Waals surface area contributed by atoms with Crippen LogP contribution >= 0.6 is 0 Å². The summed E-state index contributed by atoms with van der Waals surface area (Å²) < 4.78 is 0. The molecule has 1 fully saturated rings. The third-order valence-electron chi connectivity index (χ3n) is 3.37. The lowest BCUT2D eigenvalue weighted by molar-refractivity contribution is 0.0631. The van der Waals surface area contributed by atoms with Crippen LogP contribution in [0, 0.1) is 11.8 Å². The zero-order chi connectivity index (χ0) is 9.68. The lowest BCUT2D eigenvalue weighted by atomic mass is 9.78. The molecule has 78 valence electrons. The minimum Gasteiger partial charge on any atom is -0.393 e. The molecule has 0 heterocycles. The third-order valence-corrected chi connectivity index (χ3v) is 3.37. The van der Waals surface area contributed by atoms with Gasteiger partial charge in [0.1, 0.15) is 0 Å². The van der Waals surface area contributed by atoms with Gasteiger partial charge in [-0.25, -0.2) is 0 Å². The van der Waals surface area contributed by atoms with E-state index >= 15 is 0 Å². The number of unbranched alkanes of at least 4 members (excludes halogenated alkanes) is 1. The summed E-state index contributed by atoms with van der Waals surface area (Å²) in [6.45, 7) is 4.51. The number of hydrogen-bond donors (Lipinski definition) is 1. The molecule has 13 heavy (non-hydrogen) atoms. The van der Waals surface area contributed by atoms with Crippen LogP contribution in [0.5, 0.6) is 0 Å². The molecule has 0 spiro atoms. The van der Waals surface area contributed by atoms with Crippen LogP contribution in [0.1, 0.15) is 58.8 Å². The Morgan fingerprint density at radius 1 is 1.38 bits per heavy atom. The molecule has 1 N–H and O–H groups in total. The normalized spacial score (nSPS) is 31.6. The summed E-state index contributed by atoms with van der Waals surface area (Å²) in [5.41, 5.74) is 0. The zero-order valence-corrected chi connectivity index (χ0v) is 9.13.